The van der Waals surface area contributed by atoms with Gasteiger partial charge in [0.15, 0.2) is 0 Å². The highest BCUT2D eigenvalue weighted by atomic mass is 32.1. The maximum atomic E-state index is 7.11. The predicted molar refractivity (Wildman–Crippen MR) is 170 cm³/mol. The number of aryl methyl sites for hydroxylation is 2. The molecule has 2 heterocycles. The van der Waals surface area contributed by atoms with E-state index in [-0.39, 0.29) is 12.0 Å². The molecule has 0 amide bonds. The first-order chi connectivity index (χ1) is 19.2. The van der Waals surface area contributed by atoms with Crippen molar-refractivity contribution < 1.29 is 9.26 Å². The molecule has 39 heavy (non-hydrogen) atoms. The fraction of sp³-hybridized carbons (Fsp3) is 0.176. The Kier molecular flexibility index (Phi) is 8.35. The molecule has 1 fully saturated rings. The predicted octanol–water partition coefficient (Wildman–Crippen LogP) is 6.67. The van der Waals surface area contributed by atoms with Gasteiger partial charge in [-0.1, -0.05) is 121 Å². The Labute approximate surface area is 238 Å². The Morgan fingerprint density at radius 2 is 1.08 bits per heavy atom. The van der Waals surface area contributed by atoms with E-state index in [2.05, 4.69) is 135 Å². The third kappa shape index (κ3) is 5.66. The van der Waals surface area contributed by atoms with Crippen LogP contribution in [0.15, 0.2) is 121 Å². The summed E-state index contributed by atoms with van der Waals surface area (Å²) in [5.74, 6) is 0.194. The first kappa shape index (κ1) is 26.6. The monoisotopic (exact) mass is 566 g/mol. The second-order valence-corrected chi connectivity index (χ2v) is 15.1. The number of hydrogen-bond acceptors (Lipinski definition) is 3. The van der Waals surface area contributed by atoms with E-state index in [4.69, 9.17) is 9.26 Å². The number of hydrogen-bond donors (Lipinski definition) is 0. The number of rotatable bonds is 8. The molecule has 5 heteroatoms. The Bertz CT molecular complexity index is 1410. The van der Waals surface area contributed by atoms with Gasteiger partial charge in [-0.2, -0.15) is 0 Å². The van der Waals surface area contributed by atoms with Crippen molar-refractivity contribution in [1.29, 1.82) is 0 Å². The van der Waals surface area contributed by atoms with E-state index in [1.54, 1.807) is 0 Å². The van der Waals surface area contributed by atoms with Gasteiger partial charge in [-0.25, -0.2) is 0 Å². The molecule has 0 spiro atoms. The Morgan fingerprint density at radius 3 is 1.56 bits per heavy atom. The number of ether oxygens (including phenoxy) is 1. The van der Waals surface area contributed by atoms with E-state index in [1.807, 2.05) is 11.3 Å². The Morgan fingerprint density at radius 1 is 0.615 bits per heavy atom. The van der Waals surface area contributed by atoms with Crippen LogP contribution in [0.1, 0.15) is 21.2 Å². The molecular weight excluding hydrogens is 534 g/mol. The van der Waals surface area contributed by atoms with Crippen LogP contribution < -0.4 is 26.5 Å². The van der Waals surface area contributed by atoms with E-state index in [9.17, 15) is 0 Å². The maximum Gasteiger partial charge on any atom is 0.0951 e. The average molecular weight is 567 g/mol. The highest BCUT2D eigenvalue weighted by Crippen LogP contribution is 2.46. The first-order valence-corrected chi connectivity index (χ1v) is 16.8. The summed E-state index contributed by atoms with van der Waals surface area (Å²) in [7, 11) is -1.67. The summed E-state index contributed by atoms with van der Waals surface area (Å²) in [6, 6.07) is 43.4. The molecule has 0 N–H and O–H groups in total. The Hall–Kier alpha value is -2.64. The molecule has 2 atom stereocenters. The van der Waals surface area contributed by atoms with Crippen molar-refractivity contribution in [2.24, 2.45) is 0 Å². The third-order valence-electron chi connectivity index (χ3n) is 7.15. The fourth-order valence-corrected chi connectivity index (χ4v) is 11.5. The number of benzene rings is 4. The molecule has 6 rings (SSSR count). The van der Waals surface area contributed by atoms with Gasteiger partial charge in [-0.15, -0.1) is 11.3 Å². The lowest BCUT2D eigenvalue weighted by molar-refractivity contribution is 0.151. The highest BCUT2D eigenvalue weighted by molar-refractivity contribution is 7.80. The van der Waals surface area contributed by atoms with Gasteiger partial charge in [0.05, 0.1) is 27.5 Å². The van der Waals surface area contributed by atoms with Gasteiger partial charge in [0, 0.05) is 31.6 Å². The minimum absolute atomic E-state index is 0.00799. The molecule has 0 saturated carbocycles. The SMILES string of the molecule is Cc1sc(C)c(P(c2ccccc2)c2ccccc2)c1[C@H]1COC[C@@H]1OP(c1ccccc1)c1ccccc1. The molecule has 4 aromatic carbocycles. The van der Waals surface area contributed by atoms with Crippen LogP contribution in [0.25, 0.3) is 0 Å². The van der Waals surface area contributed by atoms with Crippen LogP contribution in [0.5, 0.6) is 0 Å². The molecule has 0 unspecified atom stereocenters. The maximum absolute atomic E-state index is 7.11. The third-order valence-corrected chi connectivity index (χ3v) is 13.0. The van der Waals surface area contributed by atoms with Gasteiger partial charge in [-0.05, 0) is 37.9 Å². The van der Waals surface area contributed by atoms with Crippen molar-refractivity contribution >= 4 is 53.9 Å². The Balaban J connectivity index is 1.42. The largest absolute Gasteiger partial charge is 0.378 e. The van der Waals surface area contributed by atoms with Crippen LogP contribution in [-0.2, 0) is 9.26 Å². The lowest BCUT2D eigenvalue weighted by Gasteiger charge is -2.28. The normalized spacial score (nSPS) is 17.2. The topological polar surface area (TPSA) is 18.5 Å². The van der Waals surface area contributed by atoms with Crippen LogP contribution in [-0.4, -0.2) is 19.3 Å². The van der Waals surface area contributed by atoms with E-state index in [0.29, 0.717) is 13.2 Å². The molecule has 2 nitrogen and oxygen atoms in total. The van der Waals surface area contributed by atoms with Crippen molar-refractivity contribution in [3.8, 4) is 0 Å². The minimum atomic E-state index is -0.966. The molecule has 5 aromatic rings. The molecule has 1 aromatic heterocycles. The van der Waals surface area contributed by atoms with Crippen LogP contribution in [0.2, 0.25) is 0 Å². The van der Waals surface area contributed by atoms with Gasteiger partial charge in [0.1, 0.15) is 0 Å². The summed E-state index contributed by atoms with van der Waals surface area (Å²) in [6.07, 6.45) is -0.00799. The van der Waals surface area contributed by atoms with Crippen LogP contribution in [0.3, 0.4) is 0 Å². The van der Waals surface area contributed by atoms with E-state index < -0.39 is 16.1 Å². The smallest absolute Gasteiger partial charge is 0.0951 e. The van der Waals surface area contributed by atoms with Gasteiger partial charge < -0.3 is 9.26 Å². The zero-order valence-electron chi connectivity index (χ0n) is 22.2. The van der Waals surface area contributed by atoms with Crippen molar-refractivity contribution in [2.45, 2.75) is 25.9 Å². The fourth-order valence-electron chi connectivity index (χ4n) is 5.41. The van der Waals surface area contributed by atoms with E-state index in [0.717, 1.165) is 0 Å². The molecule has 0 radical (unpaired) electrons. The van der Waals surface area contributed by atoms with Crippen molar-refractivity contribution in [3.63, 3.8) is 0 Å². The van der Waals surface area contributed by atoms with E-state index >= 15 is 0 Å². The quantitative estimate of drug-likeness (QED) is 0.195. The van der Waals surface area contributed by atoms with Gasteiger partial charge in [-0.3, -0.25) is 0 Å². The van der Waals surface area contributed by atoms with Crippen molar-refractivity contribution in [1.82, 2.24) is 0 Å². The molecule has 1 saturated heterocycles. The number of thiophene rings is 1. The van der Waals surface area contributed by atoms with E-state index in [1.165, 1.54) is 41.8 Å². The summed E-state index contributed by atoms with van der Waals surface area (Å²) in [4.78, 5) is 2.79. The zero-order valence-corrected chi connectivity index (χ0v) is 24.8. The van der Waals surface area contributed by atoms with Crippen LogP contribution >= 0.6 is 27.4 Å². The summed E-state index contributed by atoms with van der Waals surface area (Å²) in [6.45, 7) is 5.89. The van der Waals surface area contributed by atoms with Gasteiger partial charge in [0.25, 0.3) is 0 Å². The second-order valence-electron chi connectivity index (χ2n) is 9.74. The molecule has 0 bridgehead atoms. The first-order valence-electron chi connectivity index (χ1n) is 13.4. The molecule has 1 aliphatic rings. The highest BCUT2D eigenvalue weighted by Gasteiger charge is 2.38. The van der Waals surface area contributed by atoms with Gasteiger partial charge >= 0.3 is 0 Å². The van der Waals surface area contributed by atoms with Crippen molar-refractivity contribution in [2.75, 3.05) is 13.2 Å². The summed E-state index contributed by atoms with van der Waals surface area (Å²) >= 11 is 1.92. The van der Waals surface area contributed by atoms with Crippen LogP contribution in [0.4, 0.5) is 0 Å². The molecular formula is C34H32O2P2S. The zero-order chi connectivity index (χ0) is 26.6. The lowest BCUT2D eigenvalue weighted by Crippen LogP contribution is -2.30. The molecule has 1 aliphatic heterocycles. The van der Waals surface area contributed by atoms with Gasteiger partial charge in [0.2, 0.25) is 0 Å². The summed E-state index contributed by atoms with van der Waals surface area (Å²) in [5, 5.41) is 6.72. The summed E-state index contributed by atoms with van der Waals surface area (Å²) < 4.78 is 13.3. The average Bonchev–Trinajstić information content (AvgIpc) is 3.56. The molecule has 0 aliphatic carbocycles. The summed E-state index contributed by atoms with van der Waals surface area (Å²) in [5.41, 5.74) is 1.44. The van der Waals surface area contributed by atoms with Crippen LogP contribution in [0, 0.1) is 13.8 Å². The second kappa shape index (κ2) is 12.3. The van der Waals surface area contributed by atoms with Crippen molar-refractivity contribution in [3.05, 3.63) is 137 Å². The lowest BCUT2D eigenvalue weighted by atomic mass is 9.96. The standard InChI is InChI=1S/C34H32O2P2S/c1-25-33(34(26(2)39-25)37(27-15-7-3-8-16-27)28-17-9-4-10-18-28)31-23-35-24-32(31)36-38(29-19-11-5-12-20-29)30-21-13-6-14-22-30/h3-22,31-32H,23-24H2,1-2H3/t31-,32-/m0/s1. The molecule has 196 valence electrons. The minimum Gasteiger partial charge on any atom is -0.378 e.